The summed E-state index contributed by atoms with van der Waals surface area (Å²) < 4.78 is 0. The molecule has 0 saturated carbocycles. The zero-order valence-electron chi connectivity index (χ0n) is 28.6. The summed E-state index contributed by atoms with van der Waals surface area (Å²) in [6, 6.07) is 66.4. The quantitative estimate of drug-likeness (QED) is 0.174. The van der Waals surface area contributed by atoms with Crippen LogP contribution >= 0.6 is 11.8 Å². The summed E-state index contributed by atoms with van der Waals surface area (Å²) in [7, 11) is 0. The highest BCUT2D eigenvalue weighted by Gasteiger charge is 2.22. The molecule has 9 aromatic rings. The van der Waals surface area contributed by atoms with Gasteiger partial charge in [0.05, 0.1) is 0 Å². The first-order valence-corrected chi connectivity index (χ1v) is 18.6. The number of fused-ring (bicyclic) bond motifs is 2. The van der Waals surface area contributed by atoms with Crippen molar-refractivity contribution in [2.75, 3.05) is 0 Å². The third kappa shape index (κ3) is 5.80. The zero-order chi connectivity index (χ0) is 35.1. The number of rotatable bonds is 6. The Labute approximate surface area is 312 Å². The Bertz CT molecular complexity index is 2720. The first-order chi connectivity index (χ1) is 26.2. The first-order valence-electron chi connectivity index (χ1n) is 17.8. The lowest BCUT2D eigenvalue weighted by Gasteiger charge is -2.22. The second-order valence-electron chi connectivity index (χ2n) is 13.2. The van der Waals surface area contributed by atoms with Crippen LogP contribution in [-0.2, 0) is 0 Å². The molecule has 1 aliphatic heterocycles. The van der Waals surface area contributed by atoms with E-state index in [1.165, 1.54) is 59.5 Å². The van der Waals surface area contributed by atoms with Crippen molar-refractivity contribution >= 4 is 22.5 Å². The van der Waals surface area contributed by atoms with Crippen LogP contribution in [0.25, 0.3) is 89.4 Å². The summed E-state index contributed by atoms with van der Waals surface area (Å²) in [6.07, 6.45) is 0. The second kappa shape index (κ2) is 13.2. The molecule has 248 valence electrons. The minimum Gasteiger partial charge on any atom is -0.208 e. The second-order valence-corrected chi connectivity index (χ2v) is 14.3. The first kappa shape index (κ1) is 31.1. The van der Waals surface area contributed by atoms with Crippen LogP contribution in [0.4, 0.5) is 0 Å². The highest BCUT2D eigenvalue weighted by Crippen LogP contribution is 2.50. The smallest absolute Gasteiger partial charge is 0.164 e. The van der Waals surface area contributed by atoms with Gasteiger partial charge in [-0.1, -0.05) is 182 Å². The van der Waals surface area contributed by atoms with Gasteiger partial charge >= 0.3 is 0 Å². The van der Waals surface area contributed by atoms with Gasteiger partial charge < -0.3 is 0 Å². The van der Waals surface area contributed by atoms with E-state index in [4.69, 9.17) is 15.0 Å². The predicted octanol–water partition coefficient (Wildman–Crippen LogP) is 13.2. The number of nitrogens with zero attached hydrogens (tertiary/aromatic N) is 3. The van der Waals surface area contributed by atoms with Crippen LogP contribution in [0.15, 0.2) is 198 Å². The summed E-state index contributed by atoms with van der Waals surface area (Å²) in [4.78, 5) is 17.3. The molecule has 0 saturated heterocycles. The van der Waals surface area contributed by atoms with Crippen LogP contribution in [-0.4, -0.2) is 15.0 Å². The Kier molecular flexibility index (Phi) is 7.74. The van der Waals surface area contributed by atoms with Gasteiger partial charge in [0.25, 0.3) is 0 Å². The maximum Gasteiger partial charge on any atom is 0.164 e. The molecule has 0 spiro atoms. The van der Waals surface area contributed by atoms with Crippen LogP contribution in [0.2, 0.25) is 0 Å². The molecule has 0 amide bonds. The molecule has 3 nitrogen and oxygen atoms in total. The molecular weight excluding hydrogens is 663 g/mol. The normalized spacial score (nSPS) is 11.7. The molecule has 0 aliphatic carbocycles. The summed E-state index contributed by atoms with van der Waals surface area (Å²) in [5.74, 6) is 1.97. The van der Waals surface area contributed by atoms with Gasteiger partial charge in [0.15, 0.2) is 17.5 Å². The van der Waals surface area contributed by atoms with Gasteiger partial charge in [0, 0.05) is 31.9 Å². The molecular formula is C49H31N3S. The van der Waals surface area contributed by atoms with E-state index in [0.29, 0.717) is 17.5 Å². The van der Waals surface area contributed by atoms with Crippen molar-refractivity contribution < 1.29 is 0 Å². The van der Waals surface area contributed by atoms with E-state index in [2.05, 4.69) is 127 Å². The Hall–Kier alpha value is -6.62. The molecule has 0 radical (unpaired) electrons. The predicted molar refractivity (Wildman–Crippen MR) is 220 cm³/mol. The van der Waals surface area contributed by atoms with E-state index in [9.17, 15) is 0 Å². The van der Waals surface area contributed by atoms with Crippen LogP contribution in [0.1, 0.15) is 0 Å². The molecule has 10 rings (SSSR count). The van der Waals surface area contributed by atoms with E-state index >= 15 is 0 Å². The van der Waals surface area contributed by atoms with Crippen molar-refractivity contribution in [2.24, 2.45) is 0 Å². The Balaban J connectivity index is 1.00. The summed E-state index contributed by atoms with van der Waals surface area (Å²) >= 11 is 1.86. The van der Waals surface area contributed by atoms with E-state index in [1.807, 2.05) is 72.4 Å². The largest absolute Gasteiger partial charge is 0.208 e. The zero-order valence-corrected chi connectivity index (χ0v) is 29.5. The molecule has 0 unspecified atom stereocenters. The van der Waals surface area contributed by atoms with Crippen molar-refractivity contribution in [1.82, 2.24) is 15.0 Å². The van der Waals surface area contributed by atoms with Gasteiger partial charge in [-0.15, -0.1) is 0 Å². The SMILES string of the molecule is c1ccc(-c2cccc(-c3ccc4c(c3)Sc3ccc(-c5ccc(-c6nc(-c7ccccc7)nc(-c7ccccc7)n6)cc5)c5cccc-4c35)c2)cc1. The molecule has 0 N–H and O–H groups in total. The molecule has 53 heavy (non-hydrogen) atoms. The van der Waals surface area contributed by atoms with E-state index in [-0.39, 0.29) is 0 Å². The molecule has 1 aromatic heterocycles. The molecule has 0 bridgehead atoms. The van der Waals surface area contributed by atoms with Crippen molar-refractivity contribution in [3.8, 4) is 78.7 Å². The molecule has 8 aromatic carbocycles. The van der Waals surface area contributed by atoms with Crippen LogP contribution in [0, 0.1) is 0 Å². The molecule has 0 fully saturated rings. The highest BCUT2D eigenvalue weighted by atomic mass is 32.2. The van der Waals surface area contributed by atoms with E-state index in [0.717, 1.165) is 22.3 Å². The number of benzene rings is 8. The lowest BCUT2D eigenvalue weighted by molar-refractivity contribution is 1.07. The van der Waals surface area contributed by atoms with Gasteiger partial charge in [0.1, 0.15) is 0 Å². The van der Waals surface area contributed by atoms with Crippen LogP contribution in [0.5, 0.6) is 0 Å². The molecule has 2 heterocycles. The average molecular weight is 694 g/mol. The van der Waals surface area contributed by atoms with Gasteiger partial charge in [-0.2, -0.15) is 0 Å². The highest BCUT2D eigenvalue weighted by molar-refractivity contribution is 7.99. The van der Waals surface area contributed by atoms with Crippen LogP contribution in [0.3, 0.4) is 0 Å². The molecule has 4 heteroatoms. The molecule has 0 atom stereocenters. The van der Waals surface area contributed by atoms with Crippen molar-refractivity contribution in [1.29, 1.82) is 0 Å². The fraction of sp³-hybridized carbons (Fsp3) is 0. The maximum atomic E-state index is 4.93. The third-order valence-electron chi connectivity index (χ3n) is 9.95. The fourth-order valence-electron chi connectivity index (χ4n) is 7.31. The summed E-state index contributed by atoms with van der Waals surface area (Å²) in [5.41, 5.74) is 12.7. The standard InChI is InChI=1S/C49H31N3S/c1-4-12-32(13-5-1)37-18-10-19-38(30-37)39-26-27-41-43-21-11-20-42-40(28-29-44(46(42)43)53-45(41)31-39)33-22-24-36(25-23-33)49-51-47(34-14-6-2-7-15-34)50-48(52-49)35-16-8-3-9-17-35/h1-31H. The summed E-state index contributed by atoms with van der Waals surface area (Å²) in [6.45, 7) is 0. The lowest BCUT2D eigenvalue weighted by atomic mass is 9.91. The lowest BCUT2D eigenvalue weighted by Crippen LogP contribution is -2.00. The van der Waals surface area contributed by atoms with Crippen molar-refractivity contribution in [2.45, 2.75) is 9.79 Å². The Morgan fingerprint density at radius 3 is 1.40 bits per heavy atom. The fourth-order valence-corrected chi connectivity index (χ4v) is 8.48. The minimum absolute atomic E-state index is 0.653. The monoisotopic (exact) mass is 693 g/mol. The summed E-state index contributed by atoms with van der Waals surface area (Å²) in [5, 5.41) is 2.56. The third-order valence-corrected chi connectivity index (χ3v) is 11.1. The van der Waals surface area contributed by atoms with Crippen LogP contribution < -0.4 is 0 Å². The van der Waals surface area contributed by atoms with Crippen molar-refractivity contribution in [3.05, 3.63) is 188 Å². The number of hydrogen-bond acceptors (Lipinski definition) is 4. The van der Waals surface area contributed by atoms with Gasteiger partial charge in [0.2, 0.25) is 0 Å². The number of aromatic nitrogens is 3. The van der Waals surface area contributed by atoms with Gasteiger partial charge in [-0.05, 0) is 68.1 Å². The van der Waals surface area contributed by atoms with Gasteiger partial charge in [-0.25, -0.2) is 15.0 Å². The minimum atomic E-state index is 0.653. The maximum absolute atomic E-state index is 4.93. The van der Waals surface area contributed by atoms with E-state index < -0.39 is 0 Å². The Morgan fingerprint density at radius 2 is 0.755 bits per heavy atom. The Morgan fingerprint density at radius 1 is 0.283 bits per heavy atom. The number of hydrogen-bond donors (Lipinski definition) is 0. The molecule has 1 aliphatic rings. The van der Waals surface area contributed by atoms with Gasteiger partial charge in [-0.3, -0.25) is 0 Å². The van der Waals surface area contributed by atoms with Crippen molar-refractivity contribution in [3.63, 3.8) is 0 Å². The van der Waals surface area contributed by atoms with E-state index in [1.54, 1.807) is 0 Å². The topological polar surface area (TPSA) is 38.7 Å². The average Bonchev–Trinajstić information content (AvgIpc) is 3.24.